The summed E-state index contributed by atoms with van der Waals surface area (Å²) in [4.78, 5) is 23.2. The van der Waals surface area contributed by atoms with Gasteiger partial charge >= 0.3 is 0 Å². The number of amides is 2. The first kappa shape index (κ1) is 15.0. The van der Waals surface area contributed by atoms with Crippen LogP contribution in [0.5, 0.6) is 0 Å². The molecule has 0 unspecified atom stereocenters. The van der Waals surface area contributed by atoms with Gasteiger partial charge in [-0.25, -0.2) is 4.68 Å². The minimum atomic E-state index is -0.696. The molecule has 120 valence electrons. The first-order valence-corrected chi connectivity index (χ1v) is 8.03. The van der Waals surface area contributed by atoms with E-state index in [1.165, 1.54) is 26.2 Å². The Kier molecular flexibility index (Phi) is 3.88. The molecule has 0 aromatic carbocycles. The minimum Gasteiger partial charge on any atom is -0.368 e. The predicted molar refractivity (Wildman–Crippen MR) is 79.6 cm³/mol. The third-order valence-corrected chi connectivity index (χ3v) is 4.93. The molecule has 1 heterocycles. The third kappa shape index (κ3) is 2.71. The Morgan fingerprint density at radius 2 is 2.05 bits per heavy atom. The van der Waals surface area contributed by atoms with E-state index >= 15 is 0 Å². The first-order chi connectivity index (χ1) is 10.5. The molecule has 1 atom stereocenters. The van der Waals surface area contributed by atoms with Crippen LogP contribution >= 0.6 is 0 Å². The van der Waals surface area contributed by atoms with E-state index in [1.54, 1.807) is 10.9 Å². The van der Waals surface area contributed by atoms with E-state index in [9.17, 15) is 9.59 Å². The van der Waals surface area contributed by atoms with Crippen LogP contribution in [0, 0.1) is 5.92 Å². The molecular formula is C15H23N5O2. The van der Waals surface area contributed by atoms with Gasteiger partial charge in [0, 0.05) is 6.92 Å². The van der Waals surface area contributed by atoms with Gasteiger partial charge in [0.15, 0.2) is 0 Å². The molecular weight excluding hydrogens is 282 g/mol. The maximum absolute atomic E-state index is 11.6. The molecule has 0 spiro atoms. The topological polar surface area (TPSA) is 103 Å². The Hall–Kier alpha value is -1.92. The van der Waals surface area contributed by atoms with Crippen LogP contribution in [0.3, 0.4) is 0 Å². The van der Waals surface area contributed by atoms with Gasteiger partial charge in [-0.05, 0) is 31.6 Å². The van der Waals surface area contributed by atoms with Gasteiger partial charge in [-0.3, -0.25) is 9.59 Å². The first-order valence-electron chi connectivity index (χ1n) is 8.03. The molecule has 7 nitrogen and oxygen atoms in total. The molecule has 1 aromatic heterocycles. The number of rotatable bonds is 5. The molecule has 2 aliphatic carbocycles. The highest BCUT2D eigenvalue weighted by Crippen LogP contribution is 2.43. The molecule has 7 heteroatoms. The number of nitrogens with two attached hydrogens (primary N) is 1. The van der Waals surface area contributed by atoms with Gasteiger partial charge in [0.2, 0.25) is 11.8 Å². The second-order valence-electron chi connectivity index (χ2n) is 6.56. The molecule has 3 rings (SSSR count). The van der Waals surface area contributed by atoms with Gasteiger partial charge < -0.3 is 11.1 Å². The molecule has 2 aliphatic rings. The Balaban J connectivity index is 1.83. The molecule has 0 aliphatic heterocycles. The summed E-state index contributed by atoms with van der Waals surface area (Å²) in [7, 11) is 0. The Morgan fingerprint density at radius 1 is 1.36 bits per heavy atom. The summed E-state index contributed by atoms with van der Waals surface area (Å²) in [5, 5.41) is 11.3. The summed E-state index contributed by atoms with van der Waals surface area (Å²) in [5.74, 6) is -0.0506. The van der Waals surface area contributed by atoms with Gasteiger partial charge in [0.05, 0.1) is 12.2 Å². The Morgan fingerprint density at radius 3 is 2.59 bits per heavy atom. The summed E-state index contributed by atoms with van der Waals surface area (Å²) in [6.45, 7) is 1.52. The van der Waals surface area contributed by atoms with E-state index in [-0.39, 0.29) is 17.9 Å². The number of carbonyl (C=O) groups is 2. The van der Waals surface area contributed by atoms with Gasteiger partial charge in [-0.15, -0.1) is 5.10 Å². The second-order valence-corrected chi connectivity index (χ2v) is 6.56. The van der Waals surface area contributed by atoms with Crippen molar-refractivity contribution in [2.24, 2.45) is 11.7 Å². The lowest BCUT2D eigenvalue weighted by Gasteiger charge is -2.29. The molecule has 3 N–H and O–H groups in total. The lowest BCUT2D eigenvalue weighted by Crippen LogP contribution is -2.35. The highest BCUT2D eigenvalue weighted by Gasteiger charge is 2.52. The highest BCUT2D eigenvalue weighted by molar-refractivity contribution is 5.85. The van der Waals surface area contributed by atoms with Crippen LogP contribution in [-0.4, -0.2) is 26.8 Å². The zero-order valence-corrected chi connectivity index (χ0v) is 12.9. The van der Waals surface area contributed by atoms with Crippen LogP contribution in [0.4, 0.5) is 0 Å². The normalized spacial score (nSPS) is 22.0. The second kappa shape index (κ2) is 5.70. The number of hydrogen-bond acceptors (Lipinski definition) is 4. The van der Waals surface area contributed by atoms with Crippen LogP contribution in [0.1, 0.15) is 63.6 Å². The predicted octanol–water partition coefficient (Wildman–Crippen LogP) is 1.01. The largest absolute Gasteiger partial charge is 0.368 e. The van der Waals surface area contributed by atoms with E-state index in [4.69, 9.17) is 5.73 Å². The molecule has 0 bridgehead atoms. The smallest absolute Gasteiger partial charge is 0.245 e. The molecule has 2 saturated carbocycles. The molecule has 0 radical (unpaired) electrons. The highest BCUT2D eigenvalue weighted by atomic mass is 16.2. The SMILES string of the molecule is CC(=O)N[C@H](c1cn(C2(C(N)=O)CC2)nn1)C1CCCCC1. The minimum absolute atomic E-state index is 0.0684. The van der Waals surface area contributed by atoms with E-state index in [1.807, 2.05) is 0 Å². The average molecular weight is 305 g/mol. The summed E-state index contributed by atoms with van der Waals surface area (Å²) in [6, 6.07) is -0.129. The number of aromatic nitrogens is 3. The van der Waals surface area contributed by atoms with Gasteiger partial charge in [0.1, 0.15) is 11.2 Å². The molecule has 2 fully saturated rings. The van der Waals surface area contributed by atoms with Crippen LogP contribution in [-0.2, 0) is 15.1 Å². The fraction of sp³-hybridized carbons (Fsp3) is 0.733. The van der Waals surface area contributed by atoms with Crippen LogP contribution in [0.25, 0.3) is 0 Å². The van der Waals surface area contributed by atoms with Crippen molar-refractivity contribution < 1.29 is 9.59 Å². The van der Waals surface area contributed by atoms with Crippen LogP contribution in [0.15, 0.2) is 6.20 Å². The third-order valence-electron chi connectivity index (χ3n) is 4.93. The van der Waals surface area contributed by atoms with E-state index in [0.29, 0.717) is 18.8 Å². The number of carbonyl (C=O) groups excluding carboxylic acids is 2. The van der Waals surface area contributed by atoms with Crippen molar-refractivity contribution in [2.45, 2.75) is 63.5 Å². The van der Waals surface area contributed by atoms with Gasteiger partial charge in [-0.1, -0.05) is 24.5 Å². The fourth-order valence-corrected chi connectivity index (χ4v) is 3.45. The number of nitrogens with one attached hydrogen (secondary N) is 1. The zero-order valence-electron chi connectivity index (χ0n) is 12.9. The molecule has 0 saturated heterocycles. The van der Waals surface area contributed by atoms with E-state index in [0.717, 1.165) is 18.5 Å². The quantitative estimate of drug-likeness (QED) is 0.847. The van der Waals surface area contributed by atoms with Crippen molar-refractivity contribution in [3.8, 4) is 0 Å². The van der Waals surface area contributed by atoms with Crippen molar-refractivity contribution in [1.82, 2.24) is 20.3 Å². The average Bonchev–Trinajstić information content (AvgIpc) is 3.18. The van der Waals surface area contributed by atoms with Crippen molar-refractivity contribution in [1.29, 1.82) is 0 Å². The molecule has 2 amide bonds. The maximum atomic E-state index is 11.6. The molecule has 1 aromatic rings. The fourth-order valence-electron chi connectivity index (χ4n) is 3.45. The van der Waals surface area contributed by atoms with E-state index < -0.39 is 5.54 Å². The van der Waals surface area contributed by atoms with Crippen molar-refractivity contribution >= 4 is 11.8 Å². The summed E-state index contributed by atoms with van der Waals surface area (Å²) < 4.78 is 1.59. The standard InChI is InChI=1S/C15H23N5O2/c1-10(21)17-13(11-5-3-2-4-6-11)12-9-20(19-18-12)15(7-8-15)14(16)22/h9,11,13H,2-8H2,1H3,(H2,16,22)(H,17,21)/t13-/m0/s1. The Bertz CT molecular complexity index is 572. The van der Waals surface area contributed by atoms with Crippen LogP contribution < -0.4 is 11.1 Å². The number of hydrogen-bond donors (Lipinski definition) is 2. The van der Waals surface area contributed by atoms with E-state index in [2.05, 4.69) is 15.6 Å². The summed E-state index contributed by atoms with van der Waals surface area (Å²) >= 11 is 0. The molecule has 22 heavy (non-hydrogen) atoms. The monoisotopic (exact) mass is 305 g/mol. The van der Waals surface area contributed by atoms with Gasteiger partial charge in [0.25, 0.3) is 0 Å². The van der Waals surface area contributed by atoms with Crippen LogP contribution in [0.2, 0.25) is 0 Å². The Labute approximate surface area is 129 Å². The maximum Gasteiger partial charge on any atom is 0.245 e. The van der Waals surface area contributed by atoms with Crippen molar-refractivity contribution in [3.63, 3.8) is 0 Å². The van der Waals surface area contributed by atoms with Crippen molar-refractivity contribution in [2.75, 3.05) is 0 Å². The zero-order chi connectivity index (χ0) is 15.7. The number of nitrogens with zero attached hydrogens (tertiary/aromatic N) is 3. The summed E-state index contributed by atoms with van der Waals surface area (Å²) in [5.41, 5.74) is 5.51. The van der Waals surface area contributed by atoms with Gasteiger partial charge in [-0.2, -0.15) is 0 Å². The lowest BCUT2D eigenvalue weighted by molar-refractivity contribution is -0.123. The summed E-state index contributed by atoms with van der Waals surface area (Å²) in [6.07, 6.45) is 8.98. The number of primary amides is 1. The van der Waals surface area contributed by atoms with Crippen molar-refractivity contribution in [3.05, 3.63) is 11.9 Å². The lowest BCUT2D eigenvalue weighted by atomic mass is 9.83.